The van der Waals surface area contributed by atoms with Crippen molar-refractivity contribution in [3.8, 4) is 67.5 Å². The third-order valence-corrected chi connectivity index (χ3v) is 9.11. The molecule has 0 saturated heterocycles. The highest BCUT2D eigenvalue weighted by molar-refractivity contribution is 6.15. The van der Waals surface area contributed by atoms with E-state index in [4.69, 9.17) is 24.4 Å². The van der Waals surface area contributed by atoms with Crippen LogP contribution in [-0.4, -0.2) is 19.9 Å². The summed E-state index contributed by atoms with van der Waals surface area (Å²) >= 11 is 0. The quantitative estimate of drug-likeness (QED) is 0.201. The van der Waals surface area contributed by atoms with Gasteiger partial charge in [-0.05, 0) is 69.8 Å². The Morgan fingerprint density at radius 3 is 1.94 bits per heavy atom. The maximum absolute atomic E-state index is 6.25. The molecular formula is C42H24N4O. The lowest BCUT2D eigenvalue weighted by Crippen LogP contribution is -2.01. The van der Waals surface area contributed by atoms with Crippen molar-refractivity contribution >= 4 is 32.8 Å². The van der Waals surface area contributed by atoms with Crippen molar-refractivity contribution in [2.24, 2.45) is 0 Å². The second-order valence-corrected chi connectivity index (χ2v) is 11.9. The first kappa shape index (κ1) is 25.8. The van der Waals surface area contributed by atoms with Crippen LogP contribution in [0.3, 0.4) is 0 Å². The average molecular weight is 601 g/mol. The van der Waals surface area contributed by atoms with E-state index in [1.165, 1.54) is 16.7 Å². The van der Waals surface area contributed by atoms with Crippen molar-refractivity contribution in [3.63, 3.8) is 0 Å². The Labute approximate surface area is 269 Å². The van der Waals surface area contributed by atoms with Gasteiger partial charge in [0.2, 0.25) is 0 Å². The van der Waals surface area contributed by atoms with Gasteiger partial charge in [-0.3, -0.25) is 4.98 Å². The summed E-state index contributed by atoms with van der Waals surface area (Å²) in [6, 6.07) is 47.9. The number of hydrogen-bond acceptors (Lipinski definition) is 5. The minimum absolute atomic E-state index is 0.589. The third kappa shape index (κ3) is 4.03. The minimum atomic E-state index is 0.589. The fraction of sp³-hybridized carbons (Fsp3) is 0. The largest absolute Gasteiger partial charge is 0.456 e. The number of furan rings is 1. The average Bonchev–Trinajstić information content (AvgIpc) is 3.69. The normalized spacial score (nSPS) is 11.8. The molecule has 9 aromatic rings. The first-order chi connectivity index (χ1) is 23.3. The predicted octanol–water partition coefficient (Wildman–Crippen LogP) is 10.6. The number of rotatable bonds is 4. The molecule has 10 rings (SSSR count). The Bertz CT molecular complexity index is 2690. The Hall–Kier alpha value is -6.46. The highest BCUT2D eigenvalue weighted by atomic mass is 16.3. The van der Waals surface area contributed by atoms with Gasteiger partial charge in [0.05, 0.1) is 5.52 Å². The summed E-state index contributed by atoms with van der Waals surface area (Å²) in [6.07, 6.45) is 1.89. The Kier molecular flexibility index (Phi) is 5.51. The van der Waals surface area contributed by atoms with Crippen LogP contribution >= 0.6 is 0 Å². The van der Waals surface area contributed by atoms with Crippen LogP contribution in [0.4, 0.5) is 0 Å². The van der Waals surface area contributed by atoms with Gasteiger partial charge in [0.1, 0.15) is 11.2 Å². The van der Waals surface area contributed by atoms with Crippen molar-refractivity contribution < 1.29 is 4.42 Å². The fourth-order valence-electron chi connectivity index (χ4n) is 6.99. The topological polar surface area (TPSA) is 64.7 Å². The molecule has 6 aromatic carbocycles. The van der Waals surface area contributed by atoms with Gasteiger partial charge in [-0.2, -0.15) is 0 Å². The van der Waals surface area contributed by atoms with Crippen molar-refractivity contribution in [2.75, 3.05) is 0 Å². The van der Waals surface area contributed by atoms with Crippen LogP contribution in [0.5, 0.6) is 0 Å². The number of pyridine rings is 1. The zero-order valence-corrected chi connectivity index (χ0v) is 25.1. The van der Waals surface area contributed by atoms with Gasteiger partial charge in [-0.25, -0.2) is 15.0 Å². The molecule has 5 nitrogen and oxygen atoms in total. The number of nitrogens with zero attached hydrogens (tertiary/aromatic N) is 4. The van der Waals surface area contributed by atoms with E-state index in [1.807, 2.05) is 42.6 Å². The fourth-order valence-corrected chi connectivity index (χ4v) is 6.99. The molecule has 1 aliphatic rings. The molecular weight excluding hydrogens is 576 g/mol. The van der Waals surface area contributed by atoms with Gasteiger partial charge >= 0.3 is 0 Å². The van der Waals surface area contributed by atoms with Crippen molar-refractivity contribution in [1.82, 2.24) is 19.9 Å². The van der Waals surface area contributed by atoms with Crippen LogP contribution in [0.25, 0.3) is 100 Å². The lowest BCUT2D eigenvalue weighted by molar-refractivity contribution is 0.669. The molecule has 0 atom stereocenters. The first-order valence-electron chi connectivity index (χ1n) is 15.6. The van der Waals surface area contributed by atoms with E-state index >= 15 is 0 Å². The van der Waals surface area contributed by atoms with Gasteiger partial charge in [0.15, 0.2) is 17.5 Å². The maximum atomic E-state index is 6.25. The van der Waals surface area contributed by atoms with Crippen LogP contribution < -0.4 is 0 Å². The van der Waals surface area contributed by atoms with Gasteiger partial charge in [-0.15, -0.1) is 0 Å². The molecule has 218 valence electrons. The number of benzene rings is 6. The van der Waals surface area contributed by atoms with Crippen LogP contribution in [0.2, 0.25) is 0 Å². The molecule has 3 aromatic heterocycles. The number of aromatic nitrogens is 4. The molecule has 0 radical (unpaired) electrons. The molecule has 0 spiro atoms. The van der Waals surface area contributed by atoms with Crippen LogP contribution in [0.15, 0.2) is 150 Å². The minimum Gasteiger partial charge on any atom is -0.456 e. The molecule has 3 heterocycles. The highest BCUT2D eigenvalue weighted by Crippen LogP contribution is 2.48. The van der Waals surface area contributed by atoms with E-state index < -0.39 is 0 Å². The van der Waals surface area contributed by atoms with Crippen LogP contribution in [0, 0.1) is 0 Å². The Morgan fingerprint density at radius 1 is 0.383 bits per heavy atom. The summed E-state index contributed by atoms with van der Waals surface area (Å²) in [7, 11) is 0. The summed E-state index contributed by atoms with van der Waals surface area (Å²) in [5, 5.41) is 3.18. The standard InChI is InChI=1S/C42H24N4O/c1-2-10-25(11-3-1)26-12-8-13-27(22-26)40-44-41(28-23-34-30-15-5-4-14-29(30)31-20-21-43-35(24-28)38(31)34)46-42(45-40)33-17-9-19-37-39(33)32-16-6-7-18-36(32)47-37/h1-24H. The molecule has 1 aliphatic carbocycles. The van der Waals surface area contributed by atoms with Gasteiger partial charge in [0, 0.05) is 39.0 Å². The van der Waals surface area contributed by atoms with Gasteiger partial charge < -0.3 is 4.42 Å². The predicted molar refractivity (Wildman–Crippen MR) is 189 cm³/mol. The highest BCUT2D eigenvalue weighted by Gasteiger charge is 2.24. The molecule has 0 N–H and O–H groups in total. The summed E-state index contributed by atoms with van der Waals surface area (Å²) in [6.45, 7) is 0. The second-order valence-electron chi connectivity index (χ2n) is 11.9. The molecule has 47 heavy (non-hydrogen) atoms. The van der Waals surface area contributed by atoms with E-state index in [1.54, 1.807) is 0 Å². The monoisotopic (exact) mass is 600 g/mol. The van der Waals surface area contributed by atoms with Crippen molar-refractivity contribution in [2.45, 2.75) is 0 Å². The zero-order valence-electron chi connectivity index (χ0n) is 25.1. The number of para-hydroxylation sites is 1. The lowest BCUT2D eigenvalue weighted by Gasteiger charge is -2.11. The van der Waals surface area contributed by atoms with Gasteiger partial charge in [-0.1, -0.05) is 103 Å². The Balaban J connectivity index is 1.24. The summed E-state index contributed by atoms with van der Waals surface area (Å²) < 4.78 is 6.25. The molecule has 0 saturated carbocycles. The second kappa shape index (κ2) is 10.0. The van der Waals surface area contributed by atoms with Crippen LogP contribution in [-0.2, 0) is 0 Å². The van der Waals surface area contributed by atoms with E-state index in [0.717, 1.165) is 66.2 Å². The lowest BCUT2D eigenvalue weighted by atomic mass is 10.0. The van der Waals surface area contributed by atoms with Crippen LogP contribution in [0.1, 0.15) is 0 Å². The molecule has 0 fully saturated rings. The molecule has 5 heteroatoms. The third-order valence-electron chi connectivity index (χ3n) is 9.11. The van der Waals surface area contributed by atoms with E-state index in [2.05, 4.69) is 103 Å². The first-order valence-corrected chi connectivity index (χ1v) is 15.6. The SMILES string of the molecule is c1ccc(-c2cccc(-c3nc(-c4cc5c6c(ccnc6c4)-c4ccccc4-5)nc(-c4cccc5oc6ccccc6c45)n3)c2)cc1. The summed E-state index contributed by atoms with van der Waals surface area (Å²) in [5.41, 5.74) is 12.3. The molecule has 0 amide bonds. The van der Waals surface area contributed by atoms with Gasteiger partial charge in [0.25, 0.3) is 0 Å². The van der Waals surface area contributed by atoms with E-state index in [-0.39, 0.29) is 0 Å². The number of hydrogen-bond donors (Lipinski definition) is 0. The molecule has 0 aliphatic heterocycles. The maximum Gasteiger partial charge on any atom is 0.164 e. The van der Waals surface area contributed by atoms with E-state index in [0.29, 0.717) is 17.5 Å². The number of fused-ring (bicyclic) bond motifs is 6. The van der Waals surface area contributed by atoms with E-state index in [9.17, 15) is 0 Å². The summed E-state index contributed by atoms with van der Waals surface area (Å²) in [5.74, 6) is 1.78. The van der Waals surface area contributed by atoms with Crippen molar-refractivity contribution in [1.29, 1.82) is 0 Å². The summed E-state index contributed by atoms with van der Waals surface area (Å²) in [4.78, 5) is 20.3. The van der Waals surface area contributed by atoms with Crippen molar-refractivity contribution in [3.05, 3.63) is 146 Å². The zero-order chi connectivity index (χ0) is 30.9. The Morgan fingerprint density at radius 2 is 1.04 bits per heavy atom. The molecule has 0 unspecified atom stereocenters. The smallest absolute Gasteiger partial charge is 0.164 e. The molecule has 0 bridgehead atoms.